The summed E-state index contributed by atoms with van der Waals surface area (Å²) in [4.78, 5) is 11.1. The number of amides is 2. The van der Waals surface area contributed by atoms with Crippen molar-refractivity contribution >= 4 is 6.03 Å². The van der Waals surface area contributed by atoms with Crippen molar-refractivity contribution in [3.63, 3.8) is 0 Å². The number of urea groups is 1. The molecule has 2 amide bonds. The molecule has 2 rings (SSSR count). The second kappa shape index (κ2) is 5.87. The van der Waals surface area contributed by atoms with Crippen molar-refractivity contribution in [1.82, 2.24) is 5.32 Å². The van der Waals surface area contributed by atoms with Gasteiger partial charge in [0.15, 0.2) is 0 Å². The van der Waals surface area contributed by atoms with Crippen molar-refractivity contribution in [2.75, 3.05) is 0 Å². The lowest BCUT2D eigenvalue weighted by atomic mass is 9.98. The topological polar surface area (TPSA) is 55.1 Å². The van der Waals surface area contributed by atoms with E-state index in [1.807, 2.05) is 0 Å². The van der Waals surface area contributed by atoms with E-state index in [-0.39, 0.29) is 0 Å². The number of halogens is 3. The van der Waals surface area contributed by atoms with Gasteiger partial charge in [-0.25, -0.2) is 4.79 Å². The maximum atomic E-state index is 12.6. The Balaban J connectivity index is 2.36. The summed E-state index contributed by atoms with van der Waals surface area (Å²) in [5.41, 5.74) is 5.65. The molecule has 0 aliphatic carbocycles. The monoisotopic (exact) mass is 294 g/mol. The highest BCUT2D eigenvalue weighted by molar-refractivity contribution is 5.72. The smallest absolute Gasteiger partial charge is 0.352 e. The van der Waals surface area contributed by atoms with Crippen molar-refractivity contribution in [2.45, 2.75) is 12.2 Å². The Morgan fingerprint density at radius 1 is 0.952 bits per heavy atom. The zero-order valence-electron chi connectivity index (χ0n) is 10.9. The molecule has 0 radical (unpaired) electrons. The van der Waals surface area contributed by atoms with Crippen LogP contribution in [0.1, 0.15) is 22.7 Å². The summed E-state index contributed by atoms with van der Waals surface area (Å²) in [5, 5.41) is 2.53. The van der Waals surface area contributed by atoms with Crippen LogP contribution in [0, 0.1) is 0 Å². The van der Waals surface area contributed by atoms with Crippen LogP contribution in [0.15, 0.2) is 54.6 Å². The Morgan fingerprint density at radius 3 is 1.95 bits per heavy atom. The Morgan fingerprint density at radius 2 is 1.48 bits per heavy atom. The molecule has 0 spiro atoms. The molecule has 0 aliphatic heterocycles. The van der Waals surface area contributed by atoms with Crippen LogP contribution in [0.4, 0.5) is 18.0 Å². The zero-order valence-corrected chi connectivity index (χ0v) is 10.9. The third-order valence-corrected chi connectivity index (χ3v) is 2.99. The van der Waals surface area contributed by atoms with E-state index in [1.54, 1.807) is 30.3 Å². The van der Waals surface area contributed by atoms with E-state index in [9.17, 15) is 18.0 Å². The van der Waals surface area contributed by atoms with Crippen LogP contribution in [-0.4, -0.2) is 6.03 Å². The van der Waals surface area contributed by atoms with Gasteiger partial charge in [0.05, 0.1) is 11.6 Å². The summed E-state index contributed by atoms with van der Waals surface area (Å²) >= 11 is 0. The highest BCUT2D eigenvalue weighted by atomic mass is 19.4. The van der Waals surface area contributed by atoms with Crippen molar-refractivity contribution in [2.24, 2.45) is 5.73 Å². The second-order valence-electron chi connectivity index (χ2n) is 4.47. The summed E-state index contributed by atoms with van der Waals surface area (Å²) in [6, 6.07) is 12.2. The molecule has 21 heavy (non-hydrogen) atoms. The van der Waals surface area contributed by atoms with Gasteiger partial charge < -0.3 is 11.1 Å². The molecule has 2 aromatic rings. The van der Waals surface area contributed by atoms with Gasteiger partial charge in [0.2, 0.25) is 0 Å². The van der Waals surface area contributed by atoms with Gasteiger partial charge in [0, 0.05) is 0 Å². The van der Waals surface area contributed by atoms with Gasteiger partial charge in [-0.05, 0) is 23.3 Å². The number of alkyl halides is 3. The van der Waals surface area contributed by atoms with E-state index in [2.05, 4.69) is 5.32 Å². The first-order chi connectivity index (χ1) is 9.88. The van der Waals surface area contributed by atoms with Crippen LogP contribution in [0.3, 0.4) is 0 Å². The number of carbonyl (C=O) groups excluding carboxylic acids is 1. The number of nitrogens with one attached hydrogen (secondary N) is 1. The maximum absolute atomic E-state index is 12.6. The molecular weight excluding hydrogens is 281 g/mol. The van der Waals surface area contributed by atoms with Crippen LogP contribution in [0.25, 0.3) is 0 Å². The molecular formula is C15H13F3N2O. The number of hydrogen-bond donors (Lipinski definition) is 2. The third-order valence-electron chi connectivity index (χ3n) is 2.99. The normalized spacial score (nSPS) is 12.7. The lowest BCUT2D eigenvalue weighted by Crippen LogP contribution is -2.33. The lowest BCUT2D eigenvalue weighted by molar-refractivity contribution is -0.137. The average Bonchev–Trinajstić information content (AvgIpc) is 2.45. The number of benzene rings is 2. The molecule has 0 saturated carbocycles. The summed E-state index contributed by atoms with van der Waals surface area (Å²) in [6.45, 7) is 0. The predicted molar refractivity (Wildman–Crippen MR) is 72.4 cm³/mol. The van der Waals surface area contributed by atoms with E-state index in [4.69, 9.17) is 5.73 Å². The zero-order chi connectivity index (χ0) is 15.5. The van der Waals surface area contributed by atoms with Crippen LogP contribution in [0.5, 0.6) is 0 Å². The Kier molecular flexibility index (Phi) is 4.16. The van der Waals surface area contributed by atoms with Gasteiger partial charge in [-0.1, -0.05) is 42.5 Å². The highest BCUT2D eigenvalue weighted by Gasteiger charge is 2.30. The minimum Gasteiger partial charge on any atom is -0.352 e. The number of hydrogen-bond acceptors (Lipinski definition) is 1. The van der Waals surface area contributed by atoms with Gasteiger partial charge in [0.25, 0.3) is 0 Å². The number of rotatable bonds is 3. The van der Waals surface area contributed by atoms with Crippen molar-refractivity contribution < 1.29 is 18.0 Å². The van der Waals surface area contributed by atoms with E-state index < -0.39 is 23.8 Å². The molecule has 0 saturated heterocycles. The summed E-state index contributed by atoms with van der Waals surface area (Å²) in [5.74, 6) is 0. The van der Waals surface area contributed by atoms with Gasteiger partial charge in [-0.15, -0.1) is 0 Å². The molecule has 1 atom stereocenters. The van der Waals surface area contributed by atoms with E-state index in [0.29, 0.717) is 5.56 Å². The first kappa shape index (κ1) is 14.9. The largest absolute Gasteiger partial charge is 0.416 e. The minimum atomic E-state index is -4.39. The molecule has 0 aliphatic rings. The first-order valence-electron chi connectivity index (χ1n) is 6.16. The lowest BCUT2D eigenvalue weighted by Gasteiger charge is -2.19. The Bertz CT molecular complexity index is 609. The quantitative estimate of drug-likeness (QED) is 0.895. The molecule has 6 heteroatoms. The number of nitrogens with two attached hydrogens (primary N) is 1. The van der Waals surface area contributed by atoms with Crippen LogP contribution in [-0.2, 0) is 6.18 Å². The van der Waals surface area contributed by atoms with Crippen molar-refractivity contribution in [3.05, 3.63) is 71.3 Å². The maximum Gasteiger partial charge on any atom is 0.416 e. The Hall–Kier alpha value is -2.50. The van der Waals surface area contributed by atoms with Crippen LogP contribution in [0.2, 0.25) is 0 Å². The average molecular weight is 294 g/mol. The van der Waals surface area contributed by atoms with Gasteiger partial charge >= 0.3 is 12.2 Å². The second-order valence-corrected chi connectivity index (χ2v) is 4.47. The van der Waals surface area contributed by atoms with E-state index >= 15 is 0 Å². The summed E-state index contributed by atoms with van der Waals surface area (Å²) in [6.07, 6.45) is -4.39. The highest BCUT2D eigenvalue weighted by Crippen LogP contribution is 2.31. The van der Waals surface area contributed by atoms with Crippen LogP contribution >= 0.6 is 0 Å². The van der Waals surface area contributed by atoms with Crippen LogP contribution < -0.4 is 11.1 Å². The molecule has 2 aromatic carbocycles. The molecule has 0 fully saturated rings. The van der Waals surface area contributed by atoms with Gasteiger partial charge in [-0.2, -0.15) is 13.2 Å². The van der Waals surface area contributed by atoms with Gasteiger partial charge in [-0.3, -0.25) is 0 Å². The first-order valence-corrected chi connectivity index (χ1v) is 6.16. The predicted octanol–water partition coefficient (Wildman–Crippen LogP) is 3.46. The fourth-order valence-electron chi connectivity index (χ4n) is 2.01. The number of carbonyl (C=O) groups is 1. The molecule has 3 N–H and O–H groups in total. The standard InChI is InChI=1S/C15H13F3N2O/c16-15(17,18)12-8-6-11(7-9-12)13(20-14(19)21)10-4-2-1-3-5-10/h1-9,13H,(H3,19,20,21). The molecule has 110 valence electrons. The summed E-state index contributed by atoms with van der Waals surface area (Å²) in [7, 11) is 0. The minimum absolute atomic E-state index is 0.521. The fourth-order valence-corrected chi connectivity index (χ4v) is 2.01. The molecule has 3 nitrogen and oxygen atoms in total. The third kappa shape index (κ3) is 3.75. The molecule has 0 bridgehead atoms. The fraction of sp³-hybridized carbons (Fsp3) is 0.133. The summed E-state index contributed by atoms with van der Waals surface area (Å²) < 4.78 is 37.7. The van der Waals surface area contributed by atoms with Crippen molar-refractivity contribution in [3.8, 4) is 0 Å². The SMILES string of the molecule is NC(=O)NC(c1ccccc1)c1ccc(C(F)(F)F)cc1. The molecule has 0 heterocycles. The van der Waals surface area contributed by atoms with E-state index in [0.717, 1.165) is 17.7 Å². The Labute approximate surface area is 119 Å². The molecule has 0 aromatic heterocycles. The van der Waals surface area contributed by atoms with E-state index in [1.165, 1.54) is 12.1 Å². The molecule has 1 unspecified atom stereocenters. The number of primary amides is 1. The van der Waals surface area contributed by atoms with Crippen molar-refractivity contribution in [1.29, 1.82) is 0 Å². The van der Waals surface area contributed by atoms with Gasteiger partial charge in [0.1, 0.15) is 0 Å².